The summed E-state index contributed by atoms with van der Waals surface area (Å²) in [7, 11) is 2.14. The Labute approximate surface area is 99.0 Å². The van der Waals surface area contributed by atoms with Gasteiger partial charge in [0.15, 0.2) is 0 Å². The SMILES string of the molecule is Cc1cc(CNC(C)C2CCC2)c(C)n1C. The van der Waals surface area contributed by atoms with Gasteiger partial charge in [-0.3, -0.25) is 0 Å². The lowest BCUT2D eigenvalue weighted by molar-refractivity contribution is 0.240. The second kappa shape index (κ2) is 4.62. The molecule has 2 nitrogen and oxygen atoms in total. The van der Waals surface area contributed by atoms with Crippen LogP contribution in [0.25, 0.3) is 0 Å². The lowest BCUT2D eigenvalue weighted by atomic mass is 9.80. The number of hydrogen-bond donors (Lipinski definition) is 1. The van der Waals surface area contributed by atoms with Crippen LogP contribution in [0.15, 0.2) is 6.07 Å². The molecule has 1 aliphatic carbocycles. The molecule has 90 valence electrons. The predicted molar refractivity (Wildman–Crippen MR) is 68.5 cm³/mol. The molecule has 0 aliphatic heterocycles. The van der Waals surface area contributed by atoms with Crippen molar-refractivity contribution in [2.75, 3.05) is 0 Å². The Morgan fingerprint density at radius 3 is 2.56 bits per heavy atom. The first kappa shape index (κ1) is 11.7. The lowest BCUT2D eigenvalue weighted by Crippen LogP contribution is -2.36. The van der Waals surface area contributed by atoms with Crippen LogP contribution < -0.4 is 5.32 Å². The molecule has 1 unspecified atom stereocenters. The van der Waals surface area contributed by atoms with E-state index in [2.05, 4.69) is 43.8 Å². The van der Waals surface area contributed by atoms with Gasteiger partial charge in [0.05, 0.1) is 0 Å². The van der Waals surface area contributed by atoms with Crippen LogP contribution >= 0.6 is 0 Å². The van der Waals surface area contributed by atoms with E-state index in [9.17, 15) is 0 Å². The third-order valence-electron chi connectivity index (χ3n) is 4.35. The molecule has 1 saturated carbocycles. The summed E-state index contributed by atoms with van der Waals surface area (Å²) in [5.41, 5.74) is 4.20. The van der Waals surface area contributed by atoms with E-state index >= 15 is 0 Å². The van der Waals surface area contributed by atoms with Crippen LogP contribution in [0.5, 0.6) is 0 Å². The van der Waals surface area contributed by atoms with Gasteiger partial charge in [0.25, 0.3) is 0 Å². The average Bonchev–Trinajstić information content (AvgIpc) is 2.40. The zero-order chi connectivity index (χ0) is 11.7. The molecule has 2 heteroatoms. The quantitative estimate of drug-likeness (QED) is 0.825. The van der Waals surface area contributed by atoms with E-state index in [1.165, 1.54) is 36.2 Å². The van der Waals surface area contributed by atoms with Gasteiger partial charge in [-0.1, -0.05) is 6.42 Å². The van der Waals surface area contributed by atoms with Crippen molar-refractivity contribution in [1.29, 1.82) is 0 Å². The monoisotopic (exact) mass is 220 g/mol. The van der Waals surface area contributed by atoms with Crippen LogP contribution in [-0.4, -0.2) is 10.6 Å². The van der Waals surface area contributed by atoms with Gasteiger partial charge in [0, 0.05) is 31.0 Å². The molecule has 1 aromatic rings. The summed E-state index contributed by atoms with van der Waals surface area (Å²) in [4.78, 5) is 0. The van der Waals surface area contributed by atoms with Crippen LogP contribution in [-0.2, 0) is 13.6 Å². The number of rotatable bonds is 4. The van der Waals surface area contributed by atoms with E-state index in [1.54, 1.807) is 0 Å². The minimum atomic E-state index is 0.675. The molecule has 0 bridgehead atoms. The molecule has 1 atom stereocenters. The van der Waals surface area contributed by atoms with Gasteiger partial charge in [-0.25, -0.2) is 0 Å². The van der Waals surface area contributed by atoms with E-state index in [1.807, 2.05) is 0 Å². The highest BCUT2D eigenvalue weighted by Gasteiger charge is 2.23. The summed E-state index contributed by atoms with van der Waals surface area (Å²) in [6.45, 7) is 7.73. The highest BCUT2D eigenvalue weighted by atomic mass is 15.0. The molecule has 1 heterocycles. The maximum absolute atomic E-state index is 3.67. The van der Waals surface area contributed by atoms with Crippen molar-refractivity contribution in [1.82, 2.24) is 9.88 Å². The summed E-state index contributed by atoms with van der Waals surface area (Å²) >= 11 is 0. The van der Waals surface area contributed by atoms with Gasteiger partial charge in [-0.15, -0.1) is 0 Å². The topological polar surface area (TPSA) is 17.0 Å². The van der Waals surface area contributed by atoms with E-state index in [-0.39, 0.29) is 0 Å². The summed E-state index contributed by atoms with van der Waals surface area (Å²) in [5.74, 6) is 0.921. The predicted octanol–water partition coefficient (Wildman–Crippen LogP) is 2.92. The van der Waals surface area contributed by atoms with E-state index < -0.39 is 0 Å². The number of hydrogen-bond acceptors (Lipinski definition) is 1. The summed E-state index contributed by atoms with van der Waals surface area (Å²) in [6, 6.07) is 2.98. The van der Waals surface area contributed by atoms with Gasteiger partial charge in [-0.05, 0) is 51.2 Å². The molecular formula is C14H24N2. The fourth-order valence-electron chi connectivity index (χ4n) is 2.49. The highest BCUT2D eigenvalue weighted by molar-refractivity contribution is 5.26. The second-order valence-corrected chi connectivity index (χ2v) is 5.32. The minimum absolute atomic E-state index is 0.675. The molecule has 0 amide bonds. The zero-order valence-corrected chi connectivity index (χ0v) is 11.0. The maximum atomic E-state index is 3.67. The average molecular weight is 220 g/mol. The third-order valence-corrected chi connectivity index (χ3v) is 4.35. The zero-order valence-electron chi connectivity index (χ0n) is 11.0. The Hall–Kier alpha value is -0.760. The van der Waals surface area contributed by atoms with E-state index in [4.69, 9.17) is 0 Å². The smallest absolute Gasteiger partial charge is 0.0225 e. The molecule has 1 aliphatic rings. The number of aromatic nitrogens is 1. The molecule has 2 rings (SSSR count). The van der Waals surface area contributed by atoms with E-state index in [0.717, 1.165) is 12.5 Å². The highest BCUT2D eigenvalue weighted by Crippen LogP contribution is 2.29. The Balaban J connectivity index is 1.91. The third kappa shape index (κ3) is 2.17. The van der Waals surface area contributed by atoms with Crippen LogP contribution in [0.1, 0.15) is 43.1 Å². The Morgan fingerprint density at radius 1 is 1.44 bits per heavy atom. The van der Waals surface area contributed by atoms with Gasteiger partial charge in [0.1, 0.15) is 0 Å². The van der Waals surface area contributed by atoms with Gasteiger partial charge in [-0.2, -0.15) is 0 Å². The van der Waals surface area contributed by atoms with Crippen molar-refractivity contribution >= 4 is 0 Å². The molecule has 0 spiro atoms. The van der Waals surface area contributed by atoms with Crippen LogP contribution in [0.3, 0.4) is 0 Å². The second-order valence-electron chi connectivity index (χ2n) is 5.32. The summed E-state index contributed by atoms with van der Waals surface area (Å²) in [5, 5.41) is 3.67. The first-order valence-electron chi connectivity index (χ1n) is 6.44. The van der Waals surface area contributed by atoms with Crippen molar-refractivity contribution < 1.29 is 0 Å². The van der Waals surface area contributed by atoms with Crippen molar-refractivity contribution in [2.45, 2.75) is 52.6 Å². The fraction of sp³-hybridized carbons (Fsp3) is 0.714. The largest absolute Gasteiger partial charge is 0.352 e. The van der Waals surface area contributed by atoms with E-state index in [0.29, 0.717) is 6.04 Å². The Kier molecular flexibility index (Phi) is 3.38. The molecule has 1 aromatic heterocycles. The fourth-order valence-corrected chi connectivity index (χ4v) is 2.49. The molecule has 0 radical (unpaired) electrons. The van der Waals surface area contributed by atoms with Crippen molar-refractivity contribution in [3.05, 3.63) is 23.0 Å². The van der Waals surface area contributed by atoms with Crippen molar-refractivity contribution in [3.8, 4) is 0 Å². The van der Waals surface area contributed by atoms with Gasteiger partial charge < -0.3 is 9.88 Å². The first-order chi connectivity index (χ1) is 7.59. The van der Waals surface area contributed by atoms with Crippen LogP contribution in [0.4, 0.5) is 0 Å². The minimum Gasteiger partial charge on any atom is -0.352 e. The number of aryl methyl sites for hydroxylation is 1. The van der Waals surface area contributed by atoms with Crippen molar-refractivity contribution in [2.24, 2.45) is 13.0 Å². The number of nitrogens with one attached hydrogen (secondary N) is 1. The molecular weight excluding hydrogens is 196 g/mol. The van der Waals surface area contributed by atoms with Crippen LogP contribution in [0, 0.1) is 19.8 Å². The maximum Gasteiger partial charge on any atom is 0.0225 e. The first-order valence-corrected chi connectivity index (χ1v) is 6.44. The van der Waals surface area contributed by atoms with Gasteiger partial charge in [0.2, 0.25) is 0 Å². The molecule has 16 heavy (non-hydrogen) atoms. The Morgan fingerprint density at radius 2 is 2.12 bits per heavy atom. The van der Waals surface area contributed by atoms with Crippen molar-refractivity contribution in [3.63, 3.8) is 0 Å². The molecule has 0 aromatic carbocycles. The molecule has 1 fully saturated rings. The lowest BCUT2D eigenvalue weighted by Gasteiger charge is -2.32. The molecule has 1 N–H and O–H groups in total. The summed E-state index contributed by atoms with van der Waals surface area (Å²) < 4.78 is 2.27. The standard InChI is InChI=1S/C14H24N2/c1-10-8-14(12(3)16(10)4)9-15-11(2)13-6-5-7-13/h8,11,13,15H,5-7,9H2,1-4H3. The van der Waals surface area contributed by atoms with Crippen LogP contribution in [0.2, 0.25) is 0 Å². The molecule has 0 saturated heterocycles. The number of nitrogens with zero attached hydrogens (tertiary/aromatic N) is 1. The Bertz CT molecular complexity index is 361. The van der Waals surface area contributed by atoms with Gasteiger partial charge >= 0.3 is 0 Å². The normalized spacial score (nSPS) is 18.5. The summed E-state index contributed by atoms with van der Waals surface area (Å²) in [6.07, 6.45) is 4.27.